The molecule has 21 heavy (non-hydrogen) atoms. The molecule has 0 spiro atoms. The lowest BCUT2D eigenvalue weighted by molar-refractivity contribution is -0.147. The minimum atomic E-state index is -0.317. The maximum Gasteiger partial charge on any atom is 0.317 e. The molecule has 0 fully saturated rings. The topological polar surface area (TPSA) is 26.3 Å². The van der Waals surface area contributed by atoms with Gasteiger partial charge >= 0.3 is 5.97 Å². The first-order chi connectivity index (χ1) is 10.2. The Morgan fingerprint density at radius 1 is 0.952 bits per heavy atom. The lowest BCUT2D eigenvalue weighted by Gasteiger charge is -2.29. The van der Waals surface area contributed by atoms with Gasteiger partial charge in [0.25, 0.3) is 0 Å². The van der Waals surface area contributed by atoms with E-state index in [2.05, 4.69) is 20.8 Å². The maximum absolute atomic E-state index is 12.6. The van der Waals surface area contributed by atoms with E-state index < -0.39 is 0 Å². The van der Waals surface area contributed by atoms with Gasteiger partial charge in [0.2, 0.25) is 0 Å². The van der Waals surface area contributed by atoms with Gasteiger partial charge in [-0.05, 0) is 31.4 Å². The second-order valence-electron chi connectivity index (χ2n) is 5.85. The van der Waals surface area contributed by atoms with E-state index in [9.17, 15) is 4.79 Å². The molecule has 1 rings (SSSR count). The van der Waals surface area contributed by atoms with Gasteiger partial charge in [0.1, 0.15) is 5.75 Å². The zero-order chi connectivity index (χ0) is 15.6. The molecule has 0 aliphatic rings. The predicted molar refractivity (Wildman–Crippen MR) is 88.5 cm³/mol. The Bertz CT molecular complexity index is 393. The van der Waals surface area contributed by atoms with Gasteiger partial charge in [-0.25, -0.2) is 0 Å². The third-order valence-corrected chi connectivity index (χ3v) is 4.50. The standard InChI is InChI=1S/C19H30O2/c1-4-7-8-9-13-16-19(5-2,6-3)18(20)21-17-14-11-10-12-15-17/h10-12,14-15H,4-9,13,16H2,1-3H3. The zero-order valence-electron chi connectivity index (χ0n) is 13.9. The number of hydrogen-bond donors (Lipinski definition) is 0. The maximum atomic E-state index is 12.6. The highest BCUT2D eigenvalue weighted by molar-refractivity contribution is 5.79. The van der Waals surface area contributed by atoms with Crippen molar-refractivity contribution in [2.75, 3.05) is 0 Å². The Morgan fingerprint density at radius 2 is 1.57 bits per heavy atom. The van der Waals surface area contributed by atoms with Crippen LogP contribution in [0.25, 0.3) is 0 Å². The summed E-state index contributed by atoms with van der Waals surface area (Å²) >= 11 is 0. The van der Waals surface area contributed by atoms with Crippen LogP contribution in [-0.4, -0.2) is 5.97 Å². The fraction of sp³-hybridized carbons (Fsp3) is 0.632. The van der Waals surface area contributed by atoms with Crippen LogP contribution in [0.15, 0.2) is 30.3 Å². The van der Waals surface area contributed by atoms with Gasteiger partial charge in [-0.15, -0.1) is 0 Å². The Morgan fingerprint density at radius 3 is 2.14 bits per heavy atom. The van der Waals surface area contributed by atoms with Gasteiger partial charge in [-0.2, -0.15) is 0 Å². The summed E-state index contributed by atoms with van der Waals surface area (Å²) in [6.45, 7) is 6.42. The van der Waals surface area contributed by atoms with Crippen LogP contribution < -0.4 is 4.74 Å². The molecule has 0 aromatic heterocycles. The molecule has 0 unspecified atom stereocenters. The number of carbonyl (C=O) groups excluding carboxylic acids is 1. The third-order valence-electron chi connectivity index (χ3n) is 4.50. The van der Waals surface area contributed by atoms with Gasteiger partial charge in [-0.1, -0.05) is 71.1 Å². The Labute approximate surface area is 129 Å². The van der Waals surface area contributed by atoms with E-state index in [1.54, 1.807) is 0 Å². The third kappa shape index (κ3) is 5.53. The Kier molecular flexibility index (Phi) is 8.11. The molecular weight excluding hydrogens is 260 g/mol. The van der Waals surface area contributed by atoms with Gasteiger partial charge in [0.15, 0.2) is 0 Å². The Balaban J connectivity index is 2.59. The van der Waals surface area contributed by atoms with Crippen LogP contribution in [0, 0.1) is 5.41 Å². The summed E-state index contributed by atoms with van der Waals surface area (Å²) in [6.07, 6.45) is 8.79. The average molecular weight is 290 g/mol. The highest BCUT2D eigenvalue weighted by Crippen LogP contribution is 2.35. The molecule has 1 aromatic carbocycles. The van der Waals surface area contributed by atoms with Crippen LogP contribution in [0.4, 0.5) is 0 Å². The molecule has 0 saturated heterocycles. The smallest absolute Gasteiger partial charge is 0.317 e. The van der Waals surface area contributed by atoms with E-state index in [0.29, 0.717) is 5.75 Å². The minimum Gasteiger partial charge on any atom is -0.426 e. The van der Waals surface area contributed by atoms with Crippen molar-refractivity contribution in [2.24, 2.45) is 5.41 Å². The highest BCUT2D eigenvalue weighted by atomic mass is 16.5. The summed E-state index contributed by atoms with van der Waals surface area (Å²) in [5, 5.41) is 0. The molecule has 0 heterocycles. The fourth-order valence-corrected chi connectivity index (χ4v) is 2.77. The number of hydrogen-bond acceptors (Lipinski definition) is 2. The normalized spacial score (nSPS) is 11.4. The number of carbonyl (C=O) groups is 1. The highest BCUT2D eigenvalue weighted by Gasteiger charge is 2.36. The molecule has 0 bridgehead atoms. The first kappa shape index (κ1) is 17.7. The lowest BCUT2D eigenvalue weighted by Crippen LogP contribution is -2.34. The van der Waals surface area contributed by atoms with E-state index >= 15 is 0 Å². The van der Waals surface area contributed by atoms with Gasteiger partial charge in [0.05, 0.1) is 5.41 Å². The molecule has 2 nitrogen and oxygen atoms in total. The van der Waals surface area contributed by atoms with Crippen LogP contribution in [0.2, 0.25) is 0 Å². The molecule has 0 radical (unpaired) electrons. The van der Waals surface area contributed by atoms with E-state index in [0.717, 1.165) is 25.7 Å². The van der Waals surface area contributed by atoms with E-state index in [4.69, 9.17) is 4.74 Å². The van der Waals surface area contributed by atoms with E-state index in [-0.39, 0.29) is 11.4 Å². The van der Waals surface area contributed by atoms with Crippen LogP contribution in [0.3, 0.4) is 0 Å². The Hall–Kier alpha value is -1.31. The quantitative estimate of drug-likeness (QED) is 0.311. The number of ether oxygens (including phenoxy) is 1. The SMILES string of the molecule is CCCCCCCC(CC)(CC)C(=O)Oc1ccccc1. The molecule has 1 aromatic rings. The zero-order valence-corrected chi connectivity index (χ0v) is 13.9. The second-order valence-corrected chi connectivity index (χ2v) is 5.85. The number of rotatable bonds is 10. The summed E-state index contributed by atoms with van der Waals surface area (Å²) in [5.41, 5.74) is -0.317. The molecule has 2 heteroatoms. The van der Waals surface area contributed by atoms with Crippen molar-refractivity contribution < 1.29 is 9.53 Å². The summed E-state index contributed by atoms with van der Waals surface area (Å²) in [4.78, 5) is 12.6. The van der Waals surface area contributed by atoms with Crippen molar-refractivity contribution in [1.82, 2.24) is 0 Å². The van der Waals surface area contributed by atoms with Crippen LogP contribution >= 0.6 is 0 Å². The molecule has 0 aliphatic carbocycles. The van der Waals surface area contributed by atoms with Crippen molar-refractivity contribution >= 4 is 5.97 Å². The number of benzene rings is 1. The van der Waals surface area contributed by atoms with E-state index in [1.165, 1.54) is 25.7 Å². The van der Waals surface area contributed by atoms with Gasteiger partial charge < -0.3 is 4.74 Å². The summed E-state index contributed by atoms with van der Waals surface area (Å²) in [6, 6.07) is 9.41. The second kappa shape index (κ2) is 9.59. The average Bonchev–Trinajstić information content (AvgIpc) is 2.52. The van der Waals surface area contributed by atoms with Crippen molar-refractivity contribution in [3.8, 4) is 5.75 Å². The number of esters is 1. The molecule has 0 N–H and O–H groups in total. The molecule has 0 aliphatic heterocycles. The van der Waals surface area contributed by atoms with Crippen molar-refractivity contribution in [3.05, 3.63) is 30.3 Å². The molecule has 0 saturated carbocycles. The number of para-hydroxylation sites is 1. The van der Waals surface area contributed by atoms with Crippen molar-refractivity contribution in [2.45, 2.75) is 72.1 Å². The largest absolute Gasteiger partial charge is 0.426 e. The predicted octanol–water partition coefficient (Wildman–Crippen LogP) is 5.76. The summed E-state index contributed by atoms with van der Waals surface area (Å²) in [7, 11) is 0. The monoisotopic (exact) mass is 290 g/mol. The molecule has 0 atom stereocenters. The van der Waals surface area contributed by atoms with Crippen molar-refractivity contribution in [1.29, 1.82) is 0 Å². The van der Waals surface area contributed by atoms with Crippen LogP contribution in [-0.2, 0) is 4.79 Å². The summed E-state index contributed by atoms with van der Waals surface area (Å²) in [5.74, 6) is 0.592. The molecule has 118 valence electrons. The van der Waals surface area contributed by atoms with Crippen LogP contribution in [0.5, 0.6) is 5.75 Å². The van der Waals surface area contributed by atoms with Gasteiger partial charge in [-0.3, -0.25) is 4.79 Å². The molecular formula is C19H30O2. The lowest BCUT2D eigenvalue weighted by atomic mass is 9.77. The van der Waals surface area contributed by atoms with Crippen molar-refractivity contribution in [3.63, 3.8) is 0 Å². The summed E-state index contributed by atoms with van der Waals surface area (Å²) < 4.78 is 5.60. The minimum absolute atomic E-state index is 0.0609. The number of unbranched alkanes of at least 4 members (excludes halogenated alkanes) is 4. The van der Waals surface area contributed by atoms with Gasteiger partial charge in [0, 0.05) is 0 Å². The van der Waals surface area contributed by atoms with Crippen LogP contribution in [0.1, 0.15) is 72.1 Å². The molecule has 0 amide bonds. The first-order valence-electron chi connectivity index (χ1n) is 8.46. The first-order valence-corrected chi connectivity index (χ1v) is 8.46. The van der Waals surface area contributed by atoms with E-state index in [1.807, 2.05) is 30.3 Å². The fourth-order valence-electron chi connectivity index (χ4n) is 2.77.